The predicted molar refractivity (Wildman–Crippen MR) is 55.4 cm³/mol. The Morgan fingerprint density at radius 2 is 2.40 bits per heavy atom. The quantitative estimate of drug-likeness (QED) is 0.516. The van der Waals surface area contributed by atoms with Crippen LogP contribution in [0, 0.1) is 0 Å². The molecule has 0 aromatic heterocycles. The molecule has 0 aliphatic rings. The number of rotatable bonds is 6. The van der Waals surface area contributed by atoms with Crippen LogP contribution in [-0.4, -0.2) is 19.6 Å². The van der Waals surface area contributed by atoms with Gasteiger partial charge >= 0.3 is 77.2 Å². The molecule has 0 saturated carbocycles. The van der Waals surface area contributed by atoms with Gasteiger partial charge in [-0.2, -0.15) is 0 Å². The second kappa shape index (κ2) is 9.70. The molecule has 0 N–H and O–H groups in total. The van der Waals surface area contributed by atoms with E-state index < -0.39 is 0 Å². The van der Waals surface area contributed by atoms with Gasteiger partial charge in [0.05, 0.1) is 0 Å². The Morgan fingerprint density at radius 3 is 3.00 bits per heavy atom. The van der Waals surface area contributed by atoms with Gasteiger partial charge in [-0.15, -0.1) is 0 Å². The topological polar surface area (TPSA) is 0 Å². The molecule has 0 amide bonds. The summed E-state index contributed by atoms with van der Waals surface area (Å²) in [5.74, 6) is 1.29. The van der Waals surface area contributed by atoms with Crippen LogP contribution in [0.15, 0.2) is 22.4 Å². The minimum atomic E-state index is 0.645. The first-order chi connectivity index (χ1) is 4.91. The third kappa shape index (κ3) is 8.70. The van der Waals surface area contributed by atoms with Crippen molar-refractivity contribution in [2.45, 2.75) is 13.3 Å². The van der Waals surface area contributed by atoms with E-state index in [1.807, 2.05) is 15.6 Å². The van der Waals surface area contributed by atoms with Crippen molar-refractivity contribution in [2.24, 2.45) is 0 Å². The van der Waals surface area contributed by atoms with Crippen molar-refractivity contribution < 1.29 is 0 Å². The average molecular weight is 239 g/mol. The molecule has 0 rings (SSSR count). The van der Waals surface area contributed by atoms with E-state index in [9.17, 15) is 0 Å². The third-order valence-corrected chi connectivity index (χ3v) is 5.23. The van der Waals surface area contributed by atoms with E-state index in [2.05, 4.69) is 23.9 Å². The molecular formula is C7H12S2Se. The molecule has 3 heteroatoms. The van der Waals surface area contributed by atoms with Crippen LogP contribution in [0.4, 0.5) is 0 Å². The molecule has 0 bridgehead atoms. The Labute approximate surface area is 77.1 Å². The molecule has 0 aromatic carbocycles. The number of hydrogen-bond donors (Lipinski definition) is 0. The first-order valence-corrected chi connectivity index (χ1v) is 8.05. The van der Waals surface area contributed by atoms with Gasteiger partial charge in [0, 0.05) is 0 Å². The van der Waals surface area contributed by atoms with Gasteiger partial charge in [0.1, 0.15) is 0 Å². The molecule has 0 aliphatic heterocycles. The van der Waals surface area contributed by atoms with Crippen LogP contribution >= 0.6 is 21.9 Å². The summed E-state index contributed by atoms with van der Waals surface area (Å²) in [6.07, 6.45) is 1.29. The van der Waals surface area contributed by atoms with Crippen molar-refractivity contribution in [3.8, 4) is 0 Å². The van der Waals surface area contributed by atoms with Crippen molar-refractivity contribution in [1.82, 2.24) is 0 Å². The third-order valence-electron chi connectivity index (χ3n) is 0.641. The Kier molecular flexibility index (Phi) is 10.4. The molecule has 0 aromatic rings. The van der Waals surface area contributed by atoms with Crippen molar-refractivity contribution in [3.05, 3.63) is 22.4 Å². The maximum atomic E-state index is 3.61. The van der Waals surface area contributed by atoms with Gasteiger partial charge in [-0.3, -0.25) is 0 Å². The standard InChI is InChI=1S/C7H12S2Se/c1-3-5-9-10-7-6-8-4-2/h4,6-7H,2-3,5H2,1H3/b7-6-. The van der Waals surface area contributed by atoms with Gasteiger partial charge in [-0.25, -0.2) is 0 Å². The molecule has 0 heterocycles. The zero-order valence-corrected chi connectivity index (χ0v) is 9.42. The van der Waals surface area contributed by atoms with Crippen LogP contribution in [0.5, 0.6) is 0 Å². The second-order valence-electron chi connectivity index (χ2n) is 1.49. The van der Waals surface area contributed by atoms with E-state index >= 15 is 0 Å². The molecule has 0 atom stereocenters. The van der Waals surface area contributed by atoms with E-state index in [0.717, 1.165) is 0 Å². The predicted octanol–water partition coefficient (Wildman–Crippen LogP) is 3.10. The van der Waals surface area contributed by atoms with Gasteiger partial charge in [0.15, 0.2) is 0 Å². The summed E-state index contributed by atoms with van der Waals surface area (Å²) in [7, 11) is 2.03. The molecular weight excluding hydrogens is 227 g/mol. The molecule has 58 valence electrons. The minimum absolute atomic E-state index is 0.645. The molecule has 0 saturated heterocycles. The molecule has 0 aliphatic carbocycles. The van der Waals surface area contributed by atoms with E-state index in [-0.39, 0.29) is 0 Å². The van der Waals surface area contributed by atoms with Gasteiger partial charge < -0.3 is 0 Å². The summed E-state index contributed by atoms with van der Waals surface area (Å²) in [5.41, 5.74) is 0. The maximum absolute atomic E-state index is 3.61. The summed E-state index contributed by atoms with van der Waals surface area (Å²) in [6.45, 7) is 5.82. The summed E-state index contributed by atoms with van der Waals surface area (Å²) >= 11 is 2.30. The number of thioether (sulfide) groups is 1. The van der Waals surface area contributed by atoms with E-state index in [1.165, 1.54) is 12.2 Å². The number of hydrogen-bond acceptors (Lipinski definition) is 2. The van der Waals surface area contributed by atoms with E-state index in [0.29, 0.717) is 13.8 Å². The van der Waals surface area contributed by atoms with Crippen LogP contribution in [0.3, 0.4) is 0 Å². The van der Waals surface area contributed by atoms with Crippen LogP contribution in [0.1, 0.15) is 13.3 Å². The van der Waals surface area contributed by atoms with Gasteiger partial charge in [-0.05, 0) is 0 Å². The van der Waals surface area contributed by atoms with E-state index in [1.54, 1.807) is 11.8 Å². The van der Waals surface area contributed by atoms with Gasteiger partial charge in [-0.1, -0.05) is 0 Å². The van der Waals surface area contributed by atoms with E-state index in [4.69, 9.17) is 0 Å². The van der Waals surface area contributed by atoms with Gasteiger partial charge in [0.2, 0.25) is 0 Å². The Hall–Kier alpha value is 0.699. The normalized spacial score (nSPS) is 10.5. The first kappa shape index (κ1) is 10.7. The molecule has 0 radical (unpaired) electrons. The van der Waals surface area contributed by atoms with Crippen LogP contribution in [0.2, 0.25) is 0 Å². The summed E-state index contributed by atoms with van der Waals surface area (Å²) in [4.78, 5) is 2.24. The molecule has 10 heavy (non-hydrogen) atoms. The second-order valence-corrected chi connectivity index (χ2v) is 6.47. The summed E-state index contributed by atoms with van der Waals surface area (Å²) in [6, 6.07) is 0. The molecule has 0 nitrogen and oxygen atoms in total. The van der Waals surface area contributed by atoms with Crippen LogP contribution in [-0.2, 0) is 0 Å². The Bertz CT molecular complexity index is 102. The van der Waals surface area contributed by atoms with Crippen LogP contribution in [0.25, 0.3) is 0 Å². The zero-order valence-electron chi connectivity index (χ0n) is 6.08. The fourth-order valence-corrected chi connectivity index (χ4v) is 4.39. The fraction of sp³-hybridized carbons (Fsp3) is 0.429. The van der Waals surface area contributed by atoms with Crippen molar-refractivity contribution in [3.63, 3.8) is 0 Å². The monoisotopic (exact) mass is 240 g/mol. The van der Waals surface area contributed by atoms with Crippen molar-refractivity contribution >= 4 is 35.8 Å². The van der Waals surface area contributed by atoms with Crippen molar-refractivity contribution in [1.29, 1.82) is 0 Å². The molecule has 0 unspecified atom stereocenters. The average Bonchev–Trinajstić information content (AvgIpc) is 1.97. The SMILES string of the molecule is C=CS/C=C\[Se]SCCC. The summed E-state index contributed by atoms with van der Waals surface area (Å²) in [5, 5.41) is 3.95. The van der Waals surface area contributed by atoms with Gasteiger partial charge in [0.25, 0.3) is 0 Å². The van der Waals surface area contributed by atoms with Crippen LogP contribution < -0.4 is 0 Å². The fourth-order valence-electron chi connectivity index (χ4n) is 0.281. The Morgan fingerprint density at radius 1 is 1.60 bits per heavy atom. The van der Waals surface area contributed by atoms with Crippen molar-refractivity contribution in [2.75, 3.05) is 5.75 Å². The zero-order chi connectivity index (χ0) is 7.66. The Balaban J connectivity index is 2.94. The molecule has 0 spiro atoms. The first-order valence-electron chi connectivity index (χ1n) is 3.11. The summed E-state index contributed by atoms with van der Waals surface area (Å²) < 4.78 is 0. The molecule has 0 fully saturated rings.